The van der Waals surface area contributed by atoms with Crippen molar-refractivity contribution in [2.45, 2.75) is 25.0 Å². The van der Waals surface area contributed by atoms with Gasteiger partial charge in [0.15, 0.2) is 0 Å². The highest BCUT2D eigenvalue weighted by atomic mass is 17.0. The maximum atomic E-state index is 11.3. The van der Waals surface area contributed by atoms with Crippen LogP contribution in [0, 0.1) is 5.92 Å². The summed E-state index contributed by atoms with van der Waals surface area (Å²) in [6, 6.07) is 9.90. The van der Waals surface area contributed by atoms with Crippen molar-refractivity contribution in [1.82, 2.24) is 5.23 Å². The van der Waals surface area contributed by atoms with Gasteiger partial charge in [-0.05, 0) is 18.4 Å². The molecular weight excluding hydrogens is 218 g/mol. The summed E-state index contributed by atoms with van der Waals surface area (Å²) in [4.78, 5) is 22.5. The van der Waals surface area contributed by atoms with Gasteiger partial charge in [-0.2, -0.15) is 0 Å². The lowest BCUT2D eigenvalue weighted by Crippen LogP contribution is -2.37. The Balaban J connectivity index is 1.88. The molecule has 3 atom stereocenters. The molecule has 2 aliphatic rings. The highest BCUT2D eigenvalue weighted by molar-refractivity contribution is 5.57. The topological polar surface area (TPSA) is 38.8 Å². The van der Waals surface area contributed by atoms with Crippen LogP contribution in [0.25, 0.3) is 0 Å². The van der Waals surface area contributed by atoms with Crippen molar-refractivity contribution in [3.63, 3.8) is 0 Å². The van der Waals surface area contributed by atoms with Crippen LogP contribution in [0.2, 0.25) is 0 Å². The summed E-state index contributed by atoms with van der Waals surface area (Å²) in [5.74, 6) is -0.141. The van der Waals surface area contributed by atoms with E-state index in [9.17, 15) is 4.79 Å². The zero-order valence-corrected chi connectivity index (χ0v) is 9.49. The molecule has 0 radical (unpaired) electrons. The second-order valence-electron chi connectivity index (χ2n) is 4.48. The van der Waals surface area contributed by atoms with Crippen LogP contribution in [-0.4, -0.2) is 24.2 Å². The summed E-state index contributed by atoms with van der Waals surface area (Å²) >= 11 is 0. The Hall–Kier alpha value is -1.23. The summed E-state index contributed by atoms with van der Waals surface area (Å²) in [5, 5.41) is 1.53. The number of rotatable bonds is 2. The SMILES string of the molecule is O=C[C@H]1C2CCCON2O[C@@H]1c1ccccc1. The van der Waals surface area contributed by atoms with Gasteiger partial charge in [0.1, 0.15) is 12.4 Å². The molecule has 0 amide bonds. The quantitative estimate of drug-likeness (QED) is 0.731. The number of carbonyl (C=O) groups is 1. The van der Waals surface area contributed by atoms with Gasteiger partial charge in [-0.25, -0.2) is 0 Å². The van der Waals surface area contributed by atoms with Gasteiger partial charge in [-0.15, -0.1) is 0 Å². The summed E-state index contributed by atoms with van der Waals surface area (Å²) in [6.45, 7) is 0.670. The van der Waals surface area contributed by atoms with Gasteiger partial charge in [0, 0.05) is 0 Å². The minimum atomic E-state index is -0.211. The van der Waals surface area contributed by atoms with Crippen LogP contribution in [0.3, 0.4) is 0 Å². The summed E-state index contributed by atoms with van der Waals surface area (Å²) in [5.41, 5.74) is 1.03. The fourth-order valence-electron chi connectivity index (χ4n) is 2.56. The summed E-state index contributed by atoms with van der Waals surface area (Å²) < 4.78 is 0. The Morgan fingerprint density at radius 1 is 1.29 bits per heavy atom. The van der Waals surface area contributed by atoms with Gasteiger partial charge in [0.25, 0.3) is 0 Å². The smallest absolute Gasteiger partial charge is 0.127 e. The van der Waals surface area contributed by atoms with Crippen molar-refractivity contribution >= 4 is 6.29 Å². The molecule has 0 bridgehead atoms. The highest BCUT2D eigenvalue weighted by Crippen LogP contribution is 2.40. The van der Waals surface area contributed by atoms with E-state index in [1.54, 1.807) is 0 Å². The third-order valence-corrected chi connectivity index (χ3v) is 3.43. The Morgan fingerprint density at radius 3 is 2.88 bits per heavy atom. The van der Waals surface area contributed by atoms with Crippen LogP contribution in [0.5, 0.6) is 0 Å². The van der Waals surface area contributed by atoms with E-state index in [1.165, 1.54) is 5.23 Å². The van der Waals surface area contributed by atoms with E-state index in [0.29, 0.717) is 6.61 Å². The zero-order valence-electron chi connectivity index (χ0n) is 9.49. The number of fused-ring (bicyclic) bond motifs is 1. The molecule has 1 unspecified atom stereocenters. The van der Waals surface area contributed by atoms with Crippen molar-refractivity contribution in [1.29, 1.82) is 0 Å². The number of benzene rings is 1. The van der Waals surface area contributed by atoms with Crippen LogP contribution >= 0.6 is 0 Å². The lowest BCUT2D eigenvalue weighted by Gasteiger charge is -2.27. The predicted molar refractivity (Wildman–Crippen MR) is 60.6 cm³/mol. The first-order valence-electron chi connectivity index (χ1n) is 5.99. The first kappa shape index (κ1) is 10.9. The standard InChI is InChI=1S/C13H15NO3/c15-9-11-12-7-4-8-16-14(12)17-13(11)10-5-2-1-3-6-10/h1-3,5-6,9,11-13H,4,7-8H2/t11-,12?,13+/m0/s1. The molecule has 1 aromatic carbocycles. The van der Waals surface area contributed by atoms with E-state index in [2.05, 4.69) is 0 Å². The third kappa shape index (κ3) is 1.88. The minimum Gasteiger partial charge on any atom is -0.303 e. The Kier molecular flexibility index (Phi) is 2.93. The molecule has 0 saturated carbocycles. The Bertz CT molecular complexity index is 395. The normalized spacial score (nSPS) is 33.3. The van der Waals surface area contributed by atoms with E-state index < -0.39 is 0 Å². The monoisotopic (exact) mass is 233 g/mol. The number of hydrogen-bond acceptors (Lipinski definition) is 4. The number of nitrogens with zero attached hydrogens (tertiary/aromatic N) is 1. The number of carbonyl (C=O) groups excluding carboxylic acids is 1. The molecule has 90 valence electrons. The zero-order chi connectivity index (χ0) is 11.7. The molecule has 2 saturated heterocycles. The average molecular weight is 233 g/mol. The molecule has 4 nitrogen and oxygen atoms in total. The Labute approximate surface area is 100 Å². The van der Waals surface area contributed by atoms with E-state index in [4.69, 9.17) is 9.68 Å². The Morgan fingerprint density at radius 2 is 2.12 bits per heavy atom. The molecule has 0 aliphatic carbocycles. The molecule has 0 aromatic heterocycles. The molecule has 0 N–H and O–H groups in total. The van der Waals surface area contributed by atoms with Gasteiger partial charge >= 0.3 is 0 Å². The molecule has 17 heavy (non-hydrogen) atoms. The maximum absolute atomic E-state index is 11.3. The largest absolute Gasteiger partial charge is 0.303 e. The second kappa shape index (κ2) is 4.56. The van der Waals surface area contributed by atoms with Crippen LogP contribution < -0.4 is 0 Å². The first-order valence-corrected chi connectivity index (χ1v) is 5.99. The maximum Gasteiger partial charge on any atom is 0.127 e. The summed E-state index contributed by atoms with van der Waals surface area (Å²) in [7, 11) is 0. The van der Waals surface area contributed by atoms with Gasteiger partial charge < -0.3 is 4.79 Å². The third-order valence-electron chi connectivity index (χ3n) is 3.43. The summed E-state index contributed by atoms with van der Waals surface area (Å²) in [6.07, 6.45) is 2.72. The molecule has 4 heteroatoms. The molecule has 0 spiro atoms. The van der Waals surface area contributed by atoms with Crippen molar-refractivity contribution in [3.8, 4) is 0 Å². The first-order chi connectivity index (χ1) is 8.40. The number of hydrogen-bond donors (Lipinski definition) is 0. The fraction of sp³-hybridized carbons (Fsp3) is 0.462. The van der Waals surface area contributed by atoms with Crippen LogP contribution in [0.1, 0.15) is 24.5 Å². The fourth-order valence-corrected chi connectivity index (χ4v) is 2.56. The van der Waals surface area contributed by atoms with Gasteiger partial charge in [-0.3, -0.25) is 9.68 Å². The lowest BCUT2D eigenvalue weighted by atomic mass is 9.89. The van der Waals surface area contributed by atoms with E-state index in [1.807, 2.05) is 30.3 Å². The number of hydroxylamine groups is 2. The molecule has 2 heterocycles. The second-order valence-corrected chi connectivity index (χ2v) is 4.48. The predicted octanol–water partition coefficient (Wildman–Crippen LogP) is 1.88. The van der Waals surface area contributed by atoms with Crippen LogP contribution in [0.4, 0.5) is 0 Å². The molecule has 2 aliphatic heterocycles. The van der Waals surface area contributed by atoms with Gasteiger partial charge in [0.05, 0.1) is 18.6 Å². The highest BCUT2D eigenvalue weighted by Gasteiger charge is 2.46. The minimum absolute atomic E-state index is 0.0615. The van der Waals surface area contributed by atoms with Crippen molar-refractivity contribution < 1.29 is 14.5 Å². The number of aldehydes is 1. The molecule has 2 fully saturated rings. The van der Waals surface area contributed by atoms with Crippen molar-refractivity contribution in [3.05, 3.63) is 35.9 Å². The van der Waals surface area contributed by atoms with E-state index in [-0.39, 0.29) is 18.1 Å². The van der Waals surface area contributed by atoms with Gasteiger partial charge in [-0.1, -0.05) is 35.6 Å². The average Bonchev–Trinajstić information content (AvgIpc) is 2.78. The van der Waals surface area contributed by atoms with E-state index in [0.717, 1.165) is 24.7 Å². The van der Waals surface area contributed by atoms with E-state index >= 15 is 0 Å². The van der Waals surface area contributed by atoms with Crippen molar-refractivity contribution in [2.24, 2.45) is 5.92 Å². The molecular formula is C13H15NO3. The molecule has 1 aromatic rings. The van der Waals surface area contributed by atoms with Crippen LogP contribution in [0.15, 0.2) is 30.3 Å². The van der Waals surface area contributed by atoms with Crippen molar-refractivity contribution in [2.75, 3.05) is 6.61 Å². The molecule has 3 rings (SSSR count). The lowest BCUT2D eigenvalue weighted by molar-refractivity contribution is -0.382. The van der Waals surface area contributed by atoms with Crippen LogP contribution in [-0.2, 0) is 14.5 Å². The van der Waals surface area contributed by atoms with Gasteiger partial charge in [0.2, 0.25) is 0 Å².